The van der Waals surface area contributed by atoms with E-state index in [9.17, 15) is 25.9 Å². The van der Waals surface area contributed by atoms with Crippen LogP contribution in [0.4, 0.5) is 0 Å². The largest absolute Gasteiger partial charge is 2.00 e. The van der Waals surface area contributed by atoms with Gasteiger partial charge < -0.3 is 9.11 Å². The molecule has 0 N–H and O–H groups in total. The molecule has 0 heterocycles. The summed E-state index contributed by atoms with van der Waals surface area (Å²) in [6.07, 6.45) is 16.2. The van der Waals surface area contributed by atoms with Crippen LogP contribution in [-0.4, -0.2) is 63.7 Å². The summed E-state index contributed by atoms with van der Waals surface area (Å²) in [5.41, 5.74) is 3.71. The summed E-state index contributed by atoms with van der Waals surface area (Å²) in [6.45, 7) is 8.55. The second-order valence-corrected chi connectivity index (χ2v) is 15.7. The number of aryl methyl sites for hydroxylation is 4. The molecule has 0 spiro atoms. The van der Waals surface area contributed by atoms with E-state index in [0.717, 1.165) is 85.8 Å². The van der Waals surface area contributed by atoms with Crippen LogP contribution in [-0.2, 0) is 45.9 Å². The van der Waals surface area contributed by atoms with E-state index in [2.05, 4.69) is 39.8 Å². The van der Waals surface area contributed by atoms with Crippen LogP contribution < -0.4 is 0 Å². The Balaban J connectivity index is 0.000000333. The van der Waals surface area contributed by atoms with Crippen LogP contribution >= 0.6 is 0 Å². The Hall–Kier alpha value is -1.52. The van der Waals surface area contributed by atoms with Crippen LogP contribution in [0.1, 0.15) is 127 Å². The van der Waals surface area contributed by atoms with Crippen molar-refractivity contribution >= 4 is 79.5 Å². The number of unbranched alkanes of at least 4 members (excludes halogenated alkanes) is 8. The third-order valence-electron chi connectivity index (χ3n) is 8.94. The fraction of sp³-hybridized carbons (Fsp3) is 0.500. The number of hydrogen-bond acceptors (Lipinski definition) is 6. The minimum absolute atomic E-state index is 0. The van der Waals surface area contributed by atoms with E-state index in [1.165, 1.54) is 36.8 Å². The first-order valence-corrected chi connectivity index (χ1v) is 20.8. The molecular weight excluding hydrogens is 681 g/mol. The standard InChI is InChI=1S/2C20H28O3S.Ca/c2*1-3-5-7-9-16-11-12-17-14-18(10-8-6-4-2)20(24(21,22)23)15-19(17)13-16;/h2*11-15H,3-10H2,1-2H3,(H,21,22,23);/q;;+2/p-2. The minimum atomic E-state index is -4.45. The maximum atomic E-state index is 11.7. The molecule has 0 aromatic heterocycles. The third-order valence-corrected chi connectivity index (χ3v) is 10.8. The van der Waals surface area contributed by atoms with Gasteiger partial charge in [0.05, 0.1) is 9.79 Å². The Bertz CT molecular complexity index is 1700. The maximum Gasteiger partial charge on any atom is 2.00 e. The first-order chi connectivity index (χ1) is 22.9. The molecular formula is C40H54CaO6S2. The second-order valence-electron chi connectivity index (χ2n) is 13.0. The molecule has 0 amide bonds. The van der Waals surface area contributed by atoms with Crippen molar-refractivity contribution in [2.45, 2.75) is 140 Å². The van der Waals surface area contributed by atoms with Crippen LogP contribution in [0, 0.1) is 0 Å². The predicted octanol–water partition coefficient (Wildman–Crippen LogP) is 10.0. The van der Waals surface area contributed by atoms with Crippen molar-refractivity contribution in [1.29, 1.82) is 0 Å². The van der Waals surface area contributed by atoms with Crippen molar-refractivity contribution in [2.75, 3.05) is 0 Å². The molecule has 9 heteroatoms. The Morgan fingerprint density at radius 2 is 0.755 bits per heavy atom. The summed E-state index contributed by atoms with van der Waals surface area (Å²) in [6, 6.07) is 19.3. The molecule has 0 saturated heterocycles. The van der Waals surface area contributed by atoms with Gasteiger partial charge in [0.2, 0.25) is 0 Å². The van der Waals surface area contributed by atoms with Gasteiger partial charge in [-0.1, -0.05) is 115 Å². The number of rotatable bonds is 18. The predicted molar refractivity (Wildman–Crippen MR) is 202 cm³/mol. The summed E-state index contributed by atoms with van der Waals surface area (Å²) in [5.74, 6) is 0. The van der Waals surface area contributed by atoms with Crippen molar-refractivity contribution in [3.8, 4) is 0 Å². The van der Waals surface area contributed by atoms with E-state index < -0.39 is 20.2 Å². The van der Waals surface area contributed by atoms with Crippen LogP contribution in [0.15, 0.2) is 70.5 Å². The Morgan fingerprint density at radius 1 is 0.429 bits per heavy atom. The molecule has 0 aliphatic carbocycles. The zero-order chi connectivity index (χ0) is 35.2. The van der Waals surface area contributed by atoms with Crippen molar-refractivity contribution in [3.63, 3.8) is 0 Å². The topological polar surface area (TPSA) is 114 Å². The quantitative estimate of drug-likeness (QED) is 0.0571. The molecule has 0 fully saturated rings. The van der Waals surface area contributed by atoms with Gasteiger partial charge in [-0.05, 0) is 119 Å². The van der Waals surface area contributed by atoms with Gasteiger partial charge in [0, 0.05) is 0 Å². The monoisotopic (exact) mass is 734 g/mol. The van der Waals surface area contributed by atoms with Gasteiger partial charge in [0.1, 0.15) is 20.2 Å². The summed E-state index contributed by atoms with van der Waals surface area (Å²) in [4.78, 5) is -0.0892. The zero-order valence-corrected chi connectivity index (χ0v) is 33.9. The summed E-state index contributed by atoms with van der Waals surface area (Å²) >= 11 is 0. The van der Waals surface area contributed by atoms with E-state index in [0.29, 0.717) is 24.0 Å². The Labute approximate surface area is 326 Å². The zero-order valence-electron chi connectivity index (χ0n) is 30.1. The molecule has 6 nitrogen and oxygen atoms in total. The van der Waals surface area contributed by atoms with Crippen LogP contribution in [0.3, 0.4) is 0 Å². The smallest absolute Gasteiger partial charge is 0.744 e. The first kappa shape index (κ1) is 43.6. The molecule has 0 bridgehead atoms. The minimum Gasteiger partial charge on any atom is -0.744 e. The van der Waals surface area contributed by atoms with Gasteiger partial charge in [0.15, 0.2) is 0 Å². The second kappa shape index (κ2) is 21.8. The molecule has 0 radical (unpaired) electrons. The number of benzene rings is 4. The normalized spacial score (nSPS) is 11.7. The summed E-state index contributed by atoms with van der Waals surface area (Å²) in [5, 5.41) is 3.71. The van der Waals surface area contributed by atoms with Crippen LogP contribution in [0.5, 0.6) is 0 Å². The molecule has 0 aliphatic rings. The fourth-order valence-electron chi connectivity index (χ4n) is 6.20. The van der Waals surface area contributed by atoms with Crippen LogP contribution in [0.2, 0.25) is 0 Å². The van der Waals surface area contributed by atoms with Crippen molar-refractivity contribution < 1.29 is 25.9 Å². The summed E-state index contributed by atoms with van der Waals surface area (Å²) in [7, 11) is -8.89. The van der Waals surface area contributed by atoms with E-state index in [1.807, 2.05) is 36.4 Å². The molecule has 0 aliphatic heterocycles. The molecule has 4 aromatic carbocycles. The van der Waals surface area contributed by atoms with Gasteiger partial charge >= 0.3 is 37.7 Å². The van der Waals surface area contributed by atoms with E-state index in [1.54, 1.807) is 12.1 Å². The Kier molecular flexibility index (Phi) is 19.4. The molecule has 49 heavy (non-hydrogen) atoms. The molecule has 264 valence electrons. The average molecular weight is 735 g/mol. The van der Waals surface area contributed by atoms with Gasteiger partial charge in [0.25, 0.3) is 0 Å². The van der Waals surface area contributed by atoms with Crippen LogP contribution in [0.25, 0.3) is 21.5 Å². The van der Waals surface area contributed by atoms with E-state index in [-0.39, 0.29) is 47.5 Å². The first-order valence-electron chi connectivity index (χ1n) is 17.9. The molecule has 4 aromatic rings. The van der Waals surface area contributed by atoms with E-state index >= 15 is 0 Å². The van der Waals surface area contributed by atoms with Gasteiger partial charge in [-0.2, -0.15) is 0 Å². The SMILES string of the molecule is CCCCCc1ccc2cc(CCCCC)c(S(=O)(=O)[O-])cc2c1.CCCCCc1ccc2cc(CCCCC)c(S(=O)(=O)[O-])cc2c1.[Ca+2]. The average Bonchev–Trinajstić information content (AvgIpc) is 3.04. The third kappa shape index (κ3) is 14.2. The van der Waals surface area contributed by atoms with Gasteiger partial charge in [-0.25, -0.2) is 16.8 Å². The molecule has 0 atom stereocenters. The van der Waals surface area contributed by atoms with E-state index in [4.69, 9.17) is 0 Å². The van der Waals surface area contributed by atoms with Crippen molar-refractivity contribution in [1.82, 2.24) is 0 Å². The Morgan fingerprint density at radius 3 is 1.06 bits per heavy atom. The number of fused-ring (bicyclic) bond motifs is 2. The molecule has 4 rings (SSSR count). The van der Waals surface area contributed by atoms with Gasteiger partial charge in [-0.15, -0.1) is 0 Å². The fourth-order valence-corrected chi connectivity index (χ4v) is 7.71. The maximum absolute atomic E-state index is 11.7. The van der Waals surface area contributed by atoms with Crippen molar-refractivity contribution in [3.05, 3.63) is 82.9 Å². The van der Waals surface area contributed by atoms with Crippen molar-refractivity contribution in [2.24, 2.45) is 0 Å². The summed E-state index contributed by atoms with van der Waals surface area (Å²) < 4.78 is 70.0. The molecule has 0 unspecified atom stereocenters. The van der Waals surface area contributed by atoms with Gasteiger partial charge in [-0.3, -0.25) is 0 Å². The molecule has 0 saturated carbocycles. The number of hydrogen-bond donors (Lipinski definition) is 0.